The van der Waals surface area contributed by atoms with Gasteiger partial charge in [0.05, 0.1) is 0 Å². The minimum atomic E-state index is -4.28. The van der Waals surface area contributed by atoms with E-state index in [4.69, 9.17) is 9.79 Å². The van der Waals surface area contributed by atoms with Crippen molar-refractivity contribution < 1.29 is 18.9 Å². The normalized spacial score (nSPS) is 27.2. The molecule has 1 unspecified atom stereocenters. The monoisotopic (exact) mass is 167 g/mol. The summed E-state index contributed by atoms with van der Waals surface area (Å²) in [5, 5.41) is 2.80. The first-order valence-electron chi connectivity index (χ1n) is 3.05. The molecule has 0 amide bonds. The topological polar surface area (TPSA) is 78.8 Å². The highest BCUT2D eigenvalue weighted by molar-refractivity contribution is 7.46. The molecule has 0 aromatic heterocycles. The molecular weight excluding hydrogens is 157 g/mol. The van der Waals surface area contributed by atoms with Gasteiger partial charge in [-0.3, -0.25) is 9.84 Å². The van der Waals surface area contributed by atoms with Crippen molar-refractivity contribution in [3.05, 3.63) is 0 Å². The first-order chi connectivity index (χ1) is 4.58. The number of hydrogen-bond acceptors (Lipinski definition) is 3. The molecule has 1 heterocycles. The van der Waals surface area contributed by atoms with E-state index in [-0.39, 0.29) is 0 Å². The molecule has 1 atom stereocenters. The number of phosphoric ester groups is 1. The molecule has 3 N–H and O–H groups in total. The molecule has 6 heteroatoms. The van der Waals surface area contributed by atoms with Crippen LogP contribution in [0, 0.1) is 0 Å². The minimum Gasteiger partial charge on any atom is -0.303 e. The average molecular weight is 167 g/mol. The van der Waals surface area contributed by atoms with Gasteiger partial charge in [-0.1, -0.05) is 0 Å². The van der Waals surface area contributed by atoms with Gasteiger partial charge in [0.2, 0.25) is 0 Å². The molecule has 1 aliphatic rings. The van der Waals surface area contributed by atoms with Crippen molar-refractivity contribution in [1.82, 2.24) is 5.32 Å². The Bertz CT molecular complexity index is 149. The molecule has 1 fully saturated rings. The van der Waals surface area contributed by atoms with Crippen LogP contribution in [0.25, 0.3) is 0 Å². The molecule has 1 aliphatic heterocycles. The predicted molar refractivity (Wildman–Crippen MR) is 34.2 cm³/mol. The third-order valence-corrected chi connectivity index (χ3v) is 1.81. The maximum atomic E-state index is 10.2. The molecule has 1 rings (SSSR count). The molecule has 0 bridgehead atoms. The third kappa shape index (κ3) is 2.77. The molecule has 10 heavy (non-hydrogen) atoms. The van der Waals surface area contributed by atoms with Crippen molar-refractivity contribution >= 4 is 7.82 Å². The largest absolute Gasteiger partial charge is 0.471 e. The van der Waals surface area contributed by atoms with Gasteiger partial charge in [-0.05, 0) is 19.4 Å². The summed E-state index contributed by atoms with van der Waals surface area (Å²) in [5.41, 5.74) is 0. The van der Waals surface area contributed by atoms with Gasteiger partial charge in [0, 0.05) is 0 Å². The molecule has 60 valence electrons. The number of rotatable bonds is 2. The minimum absolute atomic E-state index is 0.458. The van der Waals surface area contributed by atoms with Crippen molar-refractivity contribution in [3.63, 3.8) is 0 Å². The van der Waals surface area contributed by atoms with Crippen LogP contribution in [0.2, 0.25) is 0 Å². The summed E-state index contributed by atoms with van der Waals surface area (Å²) >= 11 is 0. The fourth-order valence-electron chi connectivity index (χ4n) is 0.908. The summed E-state index contributed by atoms with van der Waals surface area (Å²) in [7, 11) is -4.28. The van der Waals surface area contributed by atoms with E-state index >= 15 is 0 Å². The maximum absolute atomic E-state index is 10.2. The van der Waals surface area contributed by atoms with Crippen molar-refractivity contribution in [2.24, 2.45) is 0 Å². The SMILES string of the molecule is O=P(O)(O)OC1CCCN1. The lowest BCUT2D eigenvalue weighted by Gasteiger charge is -2.11. The maximum Gasteiger partial charge on any atom is 0.471 e. The van der Waals surface area contributed by atoms with E-state index in [2.05, 4.69) is 9.84 Å². The van der Waals surface area contributed by atoms with Crippen LogP contribution in [0.15, 0.2) is 0 Å². The van der Waals surface area contributed by atoms with Crippen LogP contribution in [-0.2, 0) is 9.09 Å². The Kier molecular flexibility index (Phi) is 2.44. The van der Waals surface area contributed by atoms with Crippen molar-refractivity contribution in [2.45, 2.75) is 19.1 Å². The Morgan fingerprint density at radius 1 is 1.60 bits per heavy atom. The fraction of sp³-hybridized carbons (Fsp3) is 1.00. The zero-order chi connectivity index (χ0) is 7.61. The Balaban J connectivity index is 2.31. The molecule has 1 saturated heterocycles. The molecular formula is C4H10NO4P. The van der Waals surface area contributed by atoms with E-state index in [9.17, 15) is 4.57 Å². The number of phosphoric acid groups is 1. The summed E-state index contributed by atoms with van der Waals surface area (Å²) < 4.78 is 14.6. The standard InChI is InChI=1S/C4H10NO4P/c6-10(7,8)9-4-2-1-3-5-4/h4-5H,1-3H2,(H2,6,7,8). The van der Waals surface area contributed by atoms with Crippen molar-refractivity contribution in [1.29, 1.82) is 0 Å². The smallest absolute Gasteiger partial charge is 0.303 e. The second-order valence-electron chi connectivity index (χ2n) is 2.18. The van der Waals surface area contributed by atoms with Gasteiger partial charge >= 0.3 is 7.82 Å². The van der Waals surface area contributed by atoms with Crippen molar-refractivity contribution in [2.75, 3.05) is 6.54 Å². The summed E-state index contributed by atoms with van der Waals surface area (Å²) in [6, 6.07) is 0. The predicted octanol–water partition coefficient (Wildman–Crippen LogP) is -0.195. The average Bonchev–Trinajstić information content (AvgIpc) is 2.12. The van der Waals surface area contributed by atoms with Crippen LogP contribution < -0.4 is 5.32 Å². The van der Waals surface area contributed by atoms with Crippen LogP contribution >= 0.6 is 7.82 Å². The van der Waals surface area contributed by atoms with E-state index in [0.29, 0.717) is 6.42 Å². The summed E-state index contributed by atoms with van der Waals surface area (Å²) in [6.07, 6.45) is 1.12. The Morgan fingerprint density at radius 3 is 2.70 bits per heavy atom. The lowest BCUT2D eigenvalue weighted by atomic mass is 10.4. The van der Waals surface area contributed by atoms with E-state index in [1.165, 1.54) is 0 Å². The van der Waals surface area contributed by atoms with Gasteiger partial charge in [-0.2, -0.15) is 0 Å². The Morgan fingerprint density at radius 2 is 2.30 bits per heavy atom. The van der Waals surface area contributed by atoms with Gasteiger partial charge in [0.15, 0.2) is 0 Å². The van der Waals surface area contributed by atoms with Gasteiger partial charge in [0.25, 0.3) is 0 Å². The van der Waals surface area contributed by atoms with E-state index < -0.39 is 14.1 Å². The molecule has 0 spiro atoms. The molecule has 0 aliphatic carbocycles. The molecule has 5 nitrogen and oxygen atoms in total. The number of nitrogens with one attached hydrogen (secondary N) is 1. The molecule has 0 aromatic carbocycles. The molecule has 0 saturated carbocycles. The Labute approximate surface area is 58.6 Å². The van der Waals surface area contributed by atoms with E-state index in [0.717, 1.165) is 13.0 Å². The first kappa shape index (κ1) is 8.17. The quantitative estimate of drug-likeness (QED) is 0.496. The highest BCUT2D eigenvalue weighted by atomic mass is 31.2. The highest BCUT2D eigenvalue weighted by Crippen LogP contribution is 2.38. The van der Waals surface area contributed by atoms with Gasteiger partial charge in [0.1, 0.15) is 6.23 Å². The second kappa shape index (κ2) is 2.98. The van der Waals surface area contributed by atoms with E-state index in [1.807, 2.05) is 0 Å². The van der Waals surface area contributed by atoms with Crippen LogP contribution in [0.5, 0.6) is 0 Å². The Hall–Kier alpha value is 0.0700. The molecule has 0 radical (unpaired) electrons. The summed E-state index contributed by atoms with van der Waals surface area (Å²) in [6.45, 7) is 0.769. The molecule has 0 aromatic rings. The summed E-state index contributed by atoms with van der Waals surface area (Å²) in [4.78, 5) is 16.7. The first-order valence-corrected chi connectivity index (χ1v) is 4.58. The fourth-order valence-corrected chi connectivity index (χ4v) is 1.42. The lowest BCUT2D eigenvalue weighted by Crippen LogP contribution is -2.23. The van der Waals surface area contributed by atoms with Crippen LogP contribution in [0.1, 0.15) is 12.8 Å². The summed E-state index contributed by atoms with van der Waals surface area (Å²) in [5.74, 6) is 0. The van der Waals surface area contributed by atoms with Gasteiger partial charge < -0.3 is 9.79 Å². The van der Waals surface area contributed by atoms with Crippen LogP contribution in [0.3, 0.4) is 0 Å². The van der Waals surface area contributed by atoms with Crippen LogP contribution in [-0.4, -0.2) is 22.6 Å². The zero-order valence-corrected chi connectivity index (χ0v) is 6.25. The third-order valence-electron chi connectivity index (χ3n) is 1.28. The second-order valence-corrected chi connectivity index (χ2v) is 3.37. The lowest BCUT2D eigenvalue weighted by molar-refractivity contribution is 0.123. The van der Waals surface area contributed by atoms with Crippen LogP contribution in [0.4, 0.5) is 0 Å². The zero-order valence-electron chi connectivity index (χ0n) is 5.36. The van der Waals surface area contributed by atoms with Crippen molar-refractivity contribution in [3.8, 4) is 0 Å². The number of hydrogen-bond donors (Lipinski definition) is 3. The van der Waals surface area contributed by atoms with Gasteiger partial charge in [-0.15, -0.1) is 0 Å². The van der Waals surface area contributed by atoms with E-state index in [1.54, 1.807) is 0 Å². The highest BCUT2D eigenvalue weighted by Gasteiger charge is 2.24. The van der Waals surface area contributed by atoms with Gasteiger partial charge in [-0.25, -0.2) is 4.57 Å².